The number of fused-ring (bicyclic) bond motifs is 2. The van der Waals surface area contributed by atoms with Crippen molar-refractivity contribution in [2.75, 3.05) is 50.3 Å². The number of azo groups is 1. The van der Waals surface area contributed by atoms with Crippen molar-refractivity contribution in [3.8, 4) is 22.9 Å². The number of methoxy groups -OCH3 is 2. The molecule has 16 nitrogen and oxygen atoms in total. The third-order valence-electron chi connectivity index (χ3n) is 10.2. The van der Waals surface area contributed by atoms with Crippen LogP contribution in [0.25, 0.3) is 11.4 Å². The van der Waals surface area contributed by atoms with E-state index < -0.39 is 11.9 Å². The molecule has 0 saturated carbocycles. The summed E-state index contributed by atoms with van der Waals surface area (Å²) < 4.78 is 24.1. The Hall–Kier alpha value is -7.62. The highest BCUT2D eigenvalue weighted by Crippen LogP contribution is 2.33. The third kappa shape index (κ3) is 7.34. The molecule has 0 fully saturated rings. The van der Waals surface area contributed by atoms with Gasteiger partial charge in [0.15, 0.2) is 11.4 Å². The van der Waals surface area contributed by atoms with E-state index in [1.54, 1.807) is 135 Å². The molecule has 16 heteroatoms. The molecule has 4 aromatic carbocycles. The Balaban J connectivity index is 0.986. The van der Waals surface area contributed by atoms with Gasteiger partial charge >= 0.3 is 11.9 Å². The van der Waals surface area contributed by atoms with E-state index in [-0.39, 0.29) is 47.8 Å². The first-order valence-electron chi connectivity index (χ1n) is 19.3. The van der Waals surface area contributed by atoms with E-state index in [0.29, 0.717) is 82.7 Å². The molecular formula is C44H40N8O8. The number of amides is 2. The maximum atomic E-state index is 14.1. The fraction of sp³-hybridized carbons (Fsp3) is 0.227. The highest BCUT2D eigenvalue weighted by molar-refractivity contribution is 6.10. The summed E-state index contributed by atoms with van der Waals surface area (Å²) in [6.45, 7) is 4.46. The van der Waals surface area contributed by atoms with Gasteiger partial charge in [-0.1, -0.05) is 0 Å². The molecular weight excluding hydrogens is 769 g/mol. The number of anilines is 2. The third-order valence-corrected chi connectivity index (χ3v) is 10.2. The molecule has 6 aromatic rings. The lowest BCUT2D eigenvalue weighted by Crippen LogP contribution is -2.39. The minimum absolute atomic E-state index is 0.123. The maximum Gasteiger partial charge on any atom is 0.359 e. The van der Waals surface area contributed by atoms with Gasteiger partial charge in [0.2, 0.25) is 0 Å². The van der Waals surface area contributed by atoms with Crippen LogP contribution in [0.15, 0.2) is 107 Å². The van der Waals surface area contributed by atoms with Crippen molar-refractivity contribution in [3.05, 3.63) is 131 Å². The van der Waals surface area contributed by atoms with Crippen LogP contribution in [0.3, 0.4) is 0 Å². The Kier molecular flexibility index (Phi) is 10.9. The largest absolute Gasteiger partial charge is 0.497 e. The normalized spacial score (nSPS) is 13.6. The number of hydrogen-bond donors (Lipinski definition) is 0. The summed E-state index contributed by atoms with van der Waals surface area (Å²) >= 11 is 0. The van der Waals surface area contributed by atoms with Gasteiger partial charge in [-0.3, -0.25) is 9.59 Å². The highest BCUT2D eigenvalue weighted by Gasteiger charge is 2.37. The van der Waals surface area contributed by atoms with E-state index in [1.807, 2.05) is 0 Å². The smallest absolute Gasteiger partial charge is 0.359 e. The molecule has 0 atom stereocenters. The molecule has 2 aromatic heterocycles. The molecule has 0 N–H and O–H groups in total. The average molecular weight is 809 g/mol. The fourth-order valence-electron chi connectivity index (χ4n) is 7.27. The van der Waals surface area contributed by atoms with Gasteiger partial charge < -0.3 is 28.7 Å². The number of esters is 2. The zero-order valence-electron chi connectivity index (χ0n) is 33.3. The van der Waals surface area contributed by atoms with E-state index in [1.165, 1.54) is 9.36 Å². The van der Waals surface area contributed by atoms with Crippen LogP contribution in [0.5, 0.6) is 11.5 Å². The molecule has 4 heterocycles. The van der Waals surface area contributed by atoms with Gasteiger partial charge in [-0.2, -0.15) is 20.4 Å². The van der Waals surface area contributed by atoms with Crippen molar-refractivity contribution in [1.29, 1.82) is 0 Å². The van der Waals surface area contributed by atoms with Gasteiger partial charge in [-0.15, -0.1) is 0 Å². The number of aromatic nitrogens is 4. The molecule has 0 spiro atoms. The van der Waals surface area contributed by atoms with Crippen LogP contribution in [0.1, 0.15) is 66.9 Å². The van der Waals surface area contributed by atoms with E-state index in [4.69, 9.17) is 18.9 Å². The van der Waals surface area contributed by atoms with Gasteiger partial charge in [0.25, 0.3) is 11.8 Å². The molecule has 2 aliphatic heterocycles. The fourth-order valence-corrected chi connectivity index (χ4v) is 7.27. The van der Waals surface area contributed by atoms with E-state index in [0.717, 1.165) is 0 Å². The van der Waals surface area contributed by atoms with E-state index >= 15 is 0 Å². The number of rotatable bonds is 12. The van der Waals surface area contributed by atoms with E-state index in [2.05, 4.69) is 20.4 Å². The van der Waals surface area contributed by atoms with E-state index in [9.17, 15) is 19.2 Å². The standard InChI is InChI=1S/C44H40N8O8/c1-5-59-43(55)37-35-23-25-49(41(53)39(35)51(47-37)31-15-19-33(57-3)20-16-31)29-11-7-27(8-12-29)45-46-28-9-13-30(14-10-28)50-26-24-36-38(44(56)60-6-2)48-52(40(36)42(50)54)32-17-21-34(58-4)22-18-32/h7-22H,5-6,23-26H2,1-4H3/b46-45-. The summed E-state index contributed by atoms with van der Waals surface area (Å²) in [5.74, 6) is -0.487. The predicted molar refractivity (Wildman–Crippen MR) is 220 cm³/mol. The van der Waals surface area contributed by atoms with Gasteiger partial charge in [0.05, 0.1) is 50.2 Å². The second-order valence-electron chi connectivity index (χ2n) is 13.7. The molecule has 0 saturated heterocycles. The SMILES string of the molecule is CCOC(=O)c1nn(-c2ccc(OC)cc2)c2c1CCN(c1ccc(/N=N\c3ccc(N4CCc5c(C(=O)OCC)nn(-c6ccc(OC)cc6)c5C4=O)cc3)cc1)C2=O. The van der Waals surface area contributed by atoms with Crippen molar-refractivity contribution in [3.63, 3.8) is 0 Å². The minimum Gasteiger partial charge on any atom is -0.497 e. The lowest BCUT2D eigenvalue weighted by atomic mass is 10.0. The average Bonchev–Trinajstić information content (AvgIpc) is 3.88. The Labute approximate surface area is 344 Å². The van der Waals surface area contributed by atoms with Crippen LogP contribution in [0.2, 0.25) is 0 Å². The number of hydrogen-bond acceptors (Lipinski definition) is 12. The first-order chi connectivity index (χ1) is 29.2. The number of carbonyl (C=O) groups is 4. The molecule has 0 aliphatic carbocycles. The minimum atomic E-state index is -0.579. The molecule has 2 amide bonds. The van der Waals surface area contributed by atoms with Crippen molar-refractivity contribution in [2.45, 2.75) is 26.7 Å². The van der Waals surface area contributed by atoms with Crippen LogP contribution in [-0.2, 0) is 22.3 Å². The second kappa shape index (κ2) is 16.7. The number of ether oxygens (including phenoxy) is 4. The molecule has 0 unspecified atom stereocenters. The van der Waals surface area contributed by atoms with Crippen LogP contribution >= 0.6 is 0 Å². The first kappa shape index (κ1) is 39.2. The van der Waals surface area contributed by atoms with Crippen molar-refractivity contribution >= 4 is 46.5 Å². The Morgan fingerprint density at radius 2 is 0.900 bits per heavy atom. The van der Waals surface area contributed by atoms with Gasteiger partial charge in [0.1, 0.15) is 22.9 Å². The van der Waals surface area contributed by atoms with Crippen molar-refractivity contribution < 1.29 is 38.1 Å². The maximum absolute atomic E-state index is 14.1. The lowest BCUT2D eigenvalue weighted by Gasteiger charge is -2.28. The van der Waals surface area contributed by atoms with Gasteiger partial charge in [-0.05, 0) is 124 Å². The zero-order valence-corrected chi connectivity index (χ0v) is 33.3. The predicted octanol–water partition coefficient (Wildman–Crippen LogP) is 7.25. The molecule has 2 aliphatic rings. The lowest BCUT2D eigenvalue weighted by molar-refractivity contribution is 0.0508. The second-order valence-corrected chi connectivity index (χ2v) is 13.7. The van der Waals surface area contributed by atoms with Gasteiger partial charge in [-0.25, -0.2) is 19.0 Å². The molecule has 0 radical (unpaired) electrons. The van der Waals surface area contributed by atoms with Crippen LogP contribution in [0.4, 0.5) is 22.7 Å². The Morgan fingerprint density at radius 3 is 1.23 bits per heavy atom. The molecule has 60 heavy (non-hydrogen) atoms. The monoisotopic (exact) mass is 808 g/mol. The Morgan fingerprint density at radius 1 is 0.550 bits per heavy atom. The molecule has 8 rings (SSSR count). The summed E-state index contributed by atoms with van der Waals surface area (Å²) in [7, 11) is 3.14. The number of benzene rings is 4. The van der Waals surface area contributed by atoms with Crippen LogP contribution in [-0.4, -0.2) is 83.8 Å². The number of nitrogens with zero attached hydrogens (tertiary/aromatic N) is 8. The van der Waals surface area contributed by atoms with Gasteiger partial charge in [0, 0.05) is 35.6 Å². The quantitative estimate of drug-likeness (QED) is 0.0906. The molecule has 0 bridgehead atoms. The summed E-state index contributed by atoms with van der Waals surface area (Å²) in [5.41, 5.74) is 5.51. The zero-order chi connectivity index (χ0) is 41.9. The molecule has 304 valence electrons. The van der Waals surface area contributed by atoms with Crippen molar-refractivity contribution in [2.24, 2.45) is 10.2 Å². The van der Waals surface area contributed by atoms with Crippen LogP contribution in [0, 0.1) is 0 Å². The van der Waals surface area contributed by atoms with Crippen LogP contribution < -0.4 is 19.3 Å². The highest BCUT2D eigenvalue weighted by atomic mass is 16.5. The Bertz CT molecular complexity index is 2430. The summed E-state index contributed by atoms with van der Waals surface area (Å²) in [6, 6.07) is 28.4. The van der Waals surface area contributed by atoms with Crippen molar-refractivity contribution in [1.82, 2.24) is 19.6 Å². The summed E-state index contributed by atoms with van der Waals surface area (Å²) in [5, 5.41) is 17.9. The topological polar surface area (TPSA) is 172 Å². The number of carbonyl (C=O) groups excluding carboxylic acids is 4. The summed E-state index contributed by atoms with van der Waals surface area (Å²) in [4.78, 5) is 57.2. The summed E-state index contributed by atoms with van der Waals surface area (Å²) in [6.07, 6.45) is 0.794. The first-order valence-corrected chi connectivity index (χ1v) is 19.3.